The Hall–Kier alpha value is -2.42. The molecule has 9 atom stereocenters. The summed E-state index contributed by atoms with van der Waals surface area (Å²) < 4.78 is 17.8. The first-order valence-electron chi connectivity index (χ1n) is 18.8. The number of rotatable bonds is 25. The first-order chi connectivity index (χ1) is 24.3. The third kappa shape index (κ3) is 13.5. The second-order valence-electron chi connectivity index (χ2n) is 14.6. The molecule has 0 aromatic carbocycles. The van der Waals surface area contributed by atoms with Crippen molar-refractivity contribution in [2.75, 3.05) is 41.1 Å². The van der Waals surface area contributed by atoms with Crippen molar-refractivity contribution in [3.8, 4) is 0 Å². The van der Waals surface area contributed by atoms with Crippen LogP contribution >= 0.6 is 11.3 Å². The first-order valence-corrected chi connectivity index (χ1v) is 19.7. The second kappa shape index (κ2) is 23.3. The lowest BCUT2D eigenvalue weighted by Crippen LogP contribution is -2.57. The van der Waals surface area contributed by atoms with Gasteiger partial charge in [0, 0.05) is 42.7 Å². The van der Waals surface area contributed by atoms with Crippen molar-refractivity contribution in [2.45, 2.75) is 129 Å². The van der Waals surface area contributed by atoms with Crippen LogP contribution in [0.4, 0.5) is 0 Å². The summed E-state index contributed by atoms with van der Waals surface area (Å²) in [6.45, 7) is 19.4. The molecule has 0 bridgehead atoms. The number of amides is 3. The lowest BCUT2D eigenvalue weighted by atomic mass is 9.90. The van der Waals surface area contributed by atoms with Gasteiger partial charge >= 0.3 is 0 Å². The van der Waals surface area contributed by atoms with E-state index in [1.54, 1.807) is 20.4 Å². The number of carbonyl (C=O) groups excluding carboxylic acids is 3. The minimum atomic E-state index is -0.547. The molecular weight excluding hydrogens is 669 g/mol. The van der Waals surface area contributed by atoms with Crippen LogP contribution in [0.1, 0.15) is 102 Å². The number of likely N-dealkylation sites (tertiary alicyclic amines) is 1. The molecule has 2 heterocycles. The van der Waals surface area contributed by atoms with Crippen LogP contribution < -0.4 is 21.3 Å². The minimum Gasteiger partial charge on any atom is -0.379 e. The van der Waals surface area contributed by atoms with Crippen LogP contribution in [0.15, 0.2) is 24.2 Å². The van der Waals surface area contributed by atoms with Gasteiger partial charge in [0.2, 0.25) is 17.7 Å². The molecule has 2 rings (SSSR count). The molecule has 13 heteroatoms. The van der Waals surface area contributed by atoms with Crippen LogP contribution in [-0.4, -0.2) is 105 Å². The zero-order valence-corrected chi connectivity index (χ0v) is 33.7. The average Bonchev–Trinajstić information content (AvgIpc) is 3.82. The number of nitrogens with one attached hydrogen (secondary N) is 4. The standard InChI is InChI=1S/C38H68N6O6S.3H2/c1-12-14-16-28(38-40-18-20-51-38)42-36(46)27(8)35(49-11)30-17-15-19-44(30)32(45)21-31(48-10)34(26(7)13-2)43-37(47)33(25(5)6)41-23-50-22-29(39-9)24(3)4;;;/h12,18,20,24-31,33-35,39,41H,1,13-17,19,21-23H2,2-11H3,(H,42,46)(H,43,47);3*1H/t26?,27-,28+,29-,30+,31-,33+,34+,35-;;;/m1.../s1. The second-order valence-corrected chi connectivity index (χ2v) is 15.5. The van der Waals surface area contributed by atoms with E-state index in [9.17, 15) is 14.4 Å². The predicted octanol–water partition coefficient (Wildman–Crippen LogP) is 5.42. The summed E-state index contributed by atoms with van der Waals surface area (Å²) >= 11 is 1.51. The SMILES string of the molecule is C=CCC[C@H](NC(=O)[C@H](C)[C@@H](OC)[C@@H]1CCCN1C(=O)C[C@@H](OC)[C@@H](NC(=O)[C@@H](NCOC[C@@H](NC)C(C)C)C(C)C)C(C)CC)c1nccs1.[HH].[HH].[HH]. The highest BCUT2D eigenvalue weighted by atomic mass is 32.1. The summed E-state index contributed by atoms with van der Waals surface area (Å²) in [7, 11) is 5.12. The van der Waals surface area contributed by atoms with E-state index in [-0.39, 0.29) is 65.1 Å². The van der Waals surface area contributed by atoms with E-state index in [0.29, 0.717) is 25.5 Å². The molecule has 1 saturated heterocycles. The summed E-state index contributed by atoms with van der Waals surface area (Å²) in [6.07, 6.45) is 6.41. The molecule has 1 aliphatic heterocycles. The largest absolute Gasteiger partial charge is 0.379 e. The van der Waals surface area contributed by atoms with E-state index in [1.807, 2.05) is 44.2 Å². The van der Waals surface area contributed by atoms with Crippen LogP contribution in [0.2, 0.25) is 0 Å². The van der Waals surface area contributed by atoms with Gasteiger partial charge in [0.25, 0.3) is 0 Å². The molecule has 1 aliphatic rings. The quantitative estimate of drug-likeness (QED) is 0.0588. The fourth-order valence-corrected chi connectivity index (χ4v) is 7.59. The third-order valence-electron chi connectivity index (χ3n) is 10.4. The van der Waals surface area contributed by atoms with E-state index in [1.165, 1.54) is 11.3 Å². The van der Waals surface area contributed by atoms with Crippen LogP contribution in [0, 0.1) is 23.7 Å². The highest BCUT2D eigenvalue weighted by Crippen LogP contribution is 2.29. The topological polar surface area (TPSA) is 143 Å². The maximum Gasteiger partial charge on any atom is 0.237 e. The Kier molecular flexibility index (Phi) is 20.4. The molecule has 3 amide bonds. The monoisotopic (exact) mass is 743 g/mol. The van der Waals surface area contributed by atoms with Crippen molar-refractivity contribution in [1.29, 1.82) is 0 Å². The van der Waals surface area contributed by atoms with Gasteiger partial charge in [-0.15, -0.1) is 17.9 Å². The van der Waals surface area contributed by atoms with Gasteiger partial charge in [-0.1, -0.05) is 61.0 Å². The molecule has 1 aromatic rings. The Morgan fingerprint density at radius 3 is 2.37 bits per heavy atom. The number of methoxy groups -OCH3 is 2. The molecule has 1 fully saturated rings. The Balaban J connectivity index is 0. The molecule has 1 aromatic heterocycles. The average molecular weight is 743 g/mol. The fourth-order valence-electron chi connectivity index (χ4n) is 6.87. The molecular formula is C38H74N6O6S. The van der Waals surface area contributed by atoms with Crippen molar-refractivity contribution >= 4 is 29.1 Å². The zero-order valence-electron chi connectivity index (χ0n) is 32.9. The van der Waals surface area contributed by atoms with Crippen LogP contribution in [-0.2, 0) is 28.6 Å². The van der Waals surface area contributed by atoms with Crippen LogP contribution in [0.3, 0.4) is 0 Å². The maximum atomic E-state index is 14.1. The van der Waals surface area contributed by atoms with Gasteiger partial charge in [0.05, 0.1) is 62.1 Å². The number of thiazole rings is 1. The number of allylic oxidation sites excluding steroid dienone is 1. The molecule has 0 aliphatic carbocycles. The van der Waals surface area contributed by atoms with E-state index in [2.05, 4.69) is 60.5 Å². The van der Waals surface area contributed by atoms with E-state index >= 15 is 0 Å². The molecule has 0 radical (unpaired) electrons. The van der Waals surface area contributed by atoms with Crippen molar-refractivity contribution in [3.05, 3.63) is 29.2 Å². The molecule has 0 spiro atoms. The molecule has 1 unspecified atom stereocenters. The van der Waals surface area contributed by atoms with E-state index in [0.717, 1.165) is 30.7 Å². The van der Waals surface area contributed by atoms with Gasteiger partial charge < -0.3 is 35.1 Å². The molecule has 12 nitrogen and oxygen atoms in total. The number of aromatic nitrogens is 1. The van der Waals surface area contributed by atoms with Crippen molar-refractivity contribution in [2.24, 2.45) is 23.7 Å². The Morgan fingerprint density at radius 2 is 1.82 bits per heavy atom. The molecule has 51 heavy (non-hydrogen) atoms. The van der Waals surface area contributed by atoms with Crippen LogP contribution in [0.25, 0.3) is 0 Å². The predicted molar refractivity (Wildman–Crippen MR) is 211 cm³/mol. The van der Waals surface area contributed by atoms with Crippen LogP contribution in [0.5, 0.6) is 0 Å². The summed E-state index contributed by atoms with van der Waals surface area (Å²) in [5, 5.41) is 15.7. The number of likely N-dealkylation sites (N-methyl/N-ethyl adjacent to an activating group) is 1. The fraction of sp³-hybridized carbons (Fsp3) is 0.789. The smallest absolute Gasteiger partial charge is 0.237 e. The van der Waals surface area contributed by atoms with Gasteiger partial charge in [-0.25, -0.2) is 4.98 Å². The normalized spacial score (nSPS) is 19.6. The zero-order chi connectivity index (χ0) is 38.1. The number of nitrogens with zero attached hydrogens (tertiary/aromatic N) is 2. The van der Waals surface area contributed by atoms with Gasteiger partial charge in [-0.3, -0.25) is 19.7 Å². The molecule has 298 valence electrons. The third-order valence-corrected chi connectivity index (χ3v) is 11.3. The number of hydrogen-bond donors (Lipinski definition) is 4. The van der Waals surface area contributed by atoms with Crippen molar-refractivity contribution < 1.29 is 32.9 Å². The van der Waals surface area contributed by atoms with Gasteiger partial charge in [0.1, 0.15) is 5.01 Å². The highest BCUT2D eigenvalue weighted by molar-refractivity contribution is 7.09. The summed E-state index contributed by atoms with van der Waals surface area (Å²) in [6, 6.07) is -1.15. The highest BCUT2D eigenvalue weighted by Gasteiger charge is 2.42. The Morgan fingerprint density at radius 1 is 1.10 bits per heavy atom. The van der Waals surface area contributed by atoms with E-state index < -0.39 is 30.2 Å². The van der Waals surface area contributed by atoms with Gasteiger partial charge in [0.15, 0.2) is 0 Å². The first kappa shape index (κ1) is 44.7. The number of ether oxygens (including phenoxy) is 3. The van der Waals surface area contributed by atoms with Crippen molar-refractivity contribution in [1.82, 2.24) is 31.2 Å². The van der Waals surface area contributed by atoms with Crippen molar-refractivity contribution in [3.63, 3.8) is 0 Å². The van der Waals surface area contributed by atoms with E-state index in [4.69, 9.17) is 14.2 Å². The summed E-state index contributed by atoms with van der Waals surface area (Å²) in [5.41, 5.74) is 0. The maximum absolute atomic E-state index is 14.1. The molecule has 4 N–H and O–H groups in total. The minimum absolute atomic E-state index is 0. The number of carbonyl (C=O) groups is 3. The summed E-state index contributed by atoms with van der Waals surface area (Å²) in [5.74, 6) is -0.399. The lowest BCUT2D eigenvalue weighted by Gasteiger charge is -2.37. The Bertz CT molecular complexity index is 1190. The molecule has 0 saturated carbocycles. The number of hydrogen-bond acceptors (Lipinski definition) is 10. The lowest BCUT2D eigenvalue weighted by molar-refractivity contribution is -0.143. The van der Waals surface area contributed by atoms with Gasteiger partial charge in [-0.2, -0.15) is 0 Å². The van der Waals surface area contributed by atoms with Gasteiger partial charge in [-0.05, 0) is 50.5 Å². The summed E-state index contributed by atoms with van der Waals surface area (Å²) in [4.78, 5) is 47.7. The Labute approximate surface area is 316 Å².